The molecule has 7 heteroatoms. The number of carboxylic acid groups (broad SMARTS) is 1. The van der Waals surface area contributed by atoms with Crippen LogP contribution in [0.4, 0.5) is 5.13 Å². The third-order valence-electron chi connectivity index (χ3n) is 1.10. The van der Waals surface area contributed by atoms with E-state index in [0.717, 1.165) is 11.3 Å². The van der Waals surface area contributed by atoms with Gasteiger partial charge in [0.05, 0.1) is 0 Å². The molecule has 6 nitrogen and oxygen atoms in total. The fourth-order valence-corrected chi connectivity index (χ4v) is 1.18. The molecule has 1 aromatic heterocycles. The second-order valence-electron chi connectivity index (χ2n) is 1.85. The van der Waals surface area contributed by atoms with E-state index in [9.17, 15) is 4.79 Å². The van der Waals surface area contributed by atoms with E-state index < -0.39 is 5.97 Å². The molecule has 0 radical (unpaired) electrons. The van der Waals surface area contributed by atoms with Gasteiger partial charge in [0.1, 0.15) is 5.69 Å². The lowest BCUT2D eigenvalue weighted by Gasteiger charge is -1.91. The molecule has 1 heterocycles. The quantitative estimate of drug-likeness (QED) is 0.326. The van der Waals surface area contributed by atoms with Crippen LogP contribution >= 0.6 is 11.3 Å². The number of carboxylic acids is 1. The summed E-state index contributed by atoms with van der Waals surface area (Å²) in [5, 5.41) is 13.4. The van der Waals surface area contributed by atoms with Crippen LogP contribution in [0.3, 0.4) is 0 Å². The molecule has 0 fully saturated rings. The number of hydrogen-bond acceptors (Lipinski definition) is 6. The fraction of sp³-hybridized carbons (Fsp3) is 0. The molecule has 0 aliphatic carbocycles. The van der Waals surface area contributed by atoms with Crippen LogP contribution in [0.5, 0.6) is 0 Å². The summed E-state index contributed by atoms with van der Waals surface area (Å²) >= 11 is 1.13. The van der Waals surface area contributed by atoms with Gasteiger partial charge in [0.15, 0.2) is 10.8 Å². The molecule has 0 bridgehead atoms. The Morgan fingerprint density at radius 1 is 1.75 bits per heavy atom. The zero-order valence-corrected chi connectivity index (χ0v) is 6.71. The molecule has 12 heavy (non-hydrogen) atoms. The van der Waals surface area contributed by atoms with Crippen molar-refractivity contribution < 1.29 is 9.90 Å². The van der Waals surface area contributed by atoms with E-state index in [1.54, 1.807) is 0 Å². The van der Waals surface area contributed by atoms with Crippen LogP contribution in [-0.4, -0.2) is 21.8 Å². The molecule has 0 aliphatic rings. The van der Waals surface area contributed by atoms with Crippen molar-refractivity contribution in [1.29, 1.82) is 0 Å². The Morgan fingerprint density at radius 2 is 2.42 bits per heavy atom. The van der Waals surface area contributed by atoms with Crippen molar-refractivity contribution in [3.05, 3.63) is 11.1 Å². The molecule has 1 rings (SSSR count). The van der Waals surface area contributed by atoms with Gasteiger partial charge >= 0.3 is 5.97 Å². The summed E-state index contributed by atoms with van der Waals surface area (Å²) in [5.74, 6) is 3.63. The Kier molecular flexibility index (Phi) is 2.24. The predicted octanol–water partition coefficient (Wildman–Crippen LogP) is -0.527. The van der Waals surface area contributed by atoms with Crippen LogP contribution in [0.1, 0.15) is 5.69 Å². The Hall–Kier alpha value is -1.63. The summed E-state index contributed by atoms with van der Waals surface area (Å²) in [7, 11) is 0. The summed E-state index contributed by atoms with van der Waals surface area (Å²) in [5.41, 5.74) is 5.19. The van der Waals surface area contributed by atoms with Gasteiger partial charge in [-0.1, -0.05) is 0 Å². The number of thiazole rings is 1. The van der Waals surface area contributed by atoms with E-state index in [1.165, 1.54) is 5.38 Å². The van der Waals surface area contributed by atoms with Gasteiger partial charge in [-0.25, -0.2) is 9.78 Å². The minimum atomic E-state index is -1.22. The fourth-order valence-electron chi connectivity index (χ4n) is 0.627. The van der Waals surface area contributed by atoms with E-state index in [4.69, 9.17) is 16.7 Å². The van der Waals surface area contributed by atoms with Crippen LogP contribution in [-0.2, 0) is 4.79 Å². The second kappa shape index (κ2) is 3.18. The highest BCUT2D eigenvalue weighted by Crippen LogP contribution is 2.11. The lowest BCUT2D eigenvalue weighted by atomic mass is 10.3. The van der Waals surface area contributed by atoms with Gasteiger partial charge in [0.2, 0.25) is 0 Å². The van der Waals surface area contributed by atoms with Crippen molar-refractivity contribution in [2.45, 2.75) is 0 Å². The lowest BCUT2D eigenvalue weighted by molar-refractivity contribution is -0.129. The highest BCUT2D eigenvalue weighted by Gasteiger charge is 2.14. The number of rotatable bonds is 2. The maximum absolute atomic E-state index is 10.5. The van der Waals surface area contributed by atoms with Crippen molar-refractivity contribution in [3.63, 3.8) is 0 Å². The Morgan fingerprint density at radius 3 is 2.75 bits per heavy atom. The number of carbonyl (C=O) groups is 1. The molecule has 5 N–H and O–H groups in total. The molecule has 0 aliphatic heterocycles. The van der Waals surface area contributed by atoms with E-state index in [0.29, 0.717) is 0 Å². The average molecular weight is 186 g/mol. The average Bonchev–Trinajstić information content (AvgIpc) is 2.37. The van der Waals surface area contributed by atoms with Crippen LogP contribution in [0, 0.1) is 0 Å². The molecule has 0 unspecified atom stereocenters. The number of aliphatic carboxylic acids is 1. The molecule has 0 atom stereocenters. The molecule has 0 saturated carbocycles. The summed E-state index contributed by atoms with van der Waals surface area (Å²) in [4.78, 5) is 14.2. The van der Waals surface area contributed by atoms with Gasteiger partial charge in [-0.15, -0.1) is 11.3 Å². The zero-order valence-electron chi connectivity index (χ0n) is 5.89. The molecular formula is C5H6N4O2S. The molecule has 0 spiro atoms. The standard InChI is InChI=1S/C5H6N4O2S/c6-5-8-2(1-12-5)3(9-7)4(10)11/h1H,7H2,(H2,6,8)(H,10,11)/b9-3-. The third kappa shape index (κ3) is 1.51. The number of nitrogens with two attached hydrogens (primary N) is 2. The smallest absolute Gasteiger partial charge is 0.358 e. The highest BCUT2D eigenvalue weighted by molar-refractivity contribution is 7.13. The topological polar surface area (TPSA) is 115 Å². The van der Waals surface area contributed by atoms with Gasteiger partial charge in [-0.2, -0.15) is 5.10 Å². The third-order valence-corrected chi connectivity index (χ3v) is 1.77. The molecule has 64 valence electrons. The van der Waals surface area contributed by atoms with Crippen molar-refractivity contribution in [2.24, 2.45) is 10.9 Å². The second-order valence-corrected chi connectivity index (χ2v) is 2.74. The first-order chi connectivity index (χ1) is 5.65. The molecule has 1 aromatic rings. The minimum absolute atomic E-state index is 0.188. The largest absolute Gasteiger partial charge is 0.476 e. The van der Waals surface area contributed by atoms with Gasteiger partial charge in [0.25, 0.3) is 0 Å². The highest BCUT2D eigenvalue weighted by atomic mass is 32.1. The van der Waals surface area contributed by atoms with Crippen molar-refractivity contribution in [2.75, 3.05) is 5.73 Å². The molecule has 0 saturated heterocycles. The van der Waals surface area contributed by atoms with Crippen LogP contribution < -0.4 is 11.6 Å². The molecule has 0 aromatic carbocycles. The number of aromatic nitrogens is 1. The summed E-state index contributed by atoms with van der Waals surface area (Å²) < 4.78 is 0. The van der Waals surface area contributed by atoms with E-state index in [1.807, 2.05) is 0 Å². The van der Waals surface area contributed by atoms with E-state index in [-0.39, 0.29) is 16.5 Å². The summed E-state index contributed by atoms with van der Waals surface area (Å²) in [6.07, 6.45) is 0. The monoisotopic (exact) mass is 186 g/mol. The Labute approximate surface area is 71.5 Å². The van der Waals surface area contributed by atoms with Crippen LogP contribution in [0.15, 0.2) is 10.5 Å². The van der Waals surface area contributed by atoms with Gasteiger partial charge in [0, 0.05) is 5.38 Å². The van der Waals surface area contributed by atoms with Gasteiger partial charge < -0.3 is 16.7 Å². The summed E-state index contributed by atoms with van der Waals surface area (Å²) in [6, 6.07) is 0. The number of hydrazone groups is 1. The van der Waals surface area contributed by atoms with E-state index in [2.05, 4.69) is 10.1 Å². The van der Waals surface area contributed by atoms with Crippen LogP contribution in [0.25, 0.3) is 0 Å². The first kappa shape index (κ1) is 8.47. The maximum atomic E-state index is 10.5. The Balaban J connectivity index is 3.04. The number of hydrogen-bond donors (Lipinski definition) is 3. The van der Waals surface area contributed by atoms with Crippen molar-refractivity contribution >= 4 is 28.1 Å². The number of anilines is 1. The summed E-state index contributed by atoms with van der Waals surface area (Å²) in [6.45, 7) is 0. The maximum Gasteiger partial charge on any atom is 0.358 e. The number of nitrogens with zero attached hydrogens (tertiary/aromatic N) is 2. The lowest BCUT2D eigenvalue weighted by Crippen LogP contribution is -2.16. The Bertz CT molecular complexity index is 332. The van der Waals surface area contributed by atoms with Gasteiger partial charge in [-0.3, -0.25) is 0 Å². The predicted molar refractivity (Wildman–Crippen MR) is 44.9 cm³/mol. The normalized spacial score (nSPS) is 11.5. The SMILES string of the molecule is N/N=C(\C(=O)O)c1csc(N)n1. The van der Waals surface area contributed by atoms with E-state index >= 15 is 0 Å². The van der Waals surface area contributed by atoms with Crippen LogP contribution in [0.2, 0.25) is 0 Å². The molecular weight excluding hydrogens is 180 g/mol. The number of nitrogen functional groups attached to an aromatic ring is 1. The van der Waals surface area contributed by atoms with Crippen molar-refractivity contribution in [1.82, 2.24) is 4.98 Å². The first-order valence-corrected chi connectivity index (χ1v) is 3.75. The molecule has 0 amide bonds. The van der Waals surface area contributed by atoms with Crippen molar-refractivity contribution in [3.8, 4) is 0 Å². The minimum Gasteiger partial charge on any atom is -0.476 e. The van der Waals surface area contributed by atoms with Gasteiger partial charge in [-0.05, 0) is 0 Å². The zero-order chi connectivity index (χ0) is 9.14. The first-order valence-electron chi connectivity index (χ1n) is 2.87.